The van der Waals surface area contributed by atoms with Crippen LogP contribution in [0, 0.1) is 0 Å². The summed E-state index contributed by atoms with van der Waals surface area (Å²) >= 11 is 3.84. The van der Waals surface area contributed by atoms with Crippen LogP contribution in [0.25, 0.3) is 0 Å². The summed E-state index contributed by atoms with van der Waals surface area (Å²) in [7, 11) is 0. The molecule has 10 amide bonds. The molecule has 9 atom stereocenters. The van der Waals surface area contributed by atoms with Gasteiger partial charge in [0.2, 0.25) is 47.3 Å². The Labute approximate surface area is 513 Å². The van der Waals surface area contributed by atoms with Gasteiger partial charge in [0.05, 0.1) is 13.0 Å². The quantitative estimate of drug-likeness (QED) is 0.0249. The first-order chi connectivity index (χ1) is 42.1. The average molecular weight is 1270 g/mol. The third kappa shape index (κ3) is 28.3. The molecule has 0 saturated heterocycles. The van der Waals surface area contributed by atoms with Crippen molar-refractivity contribution in [1.29, 1.82) is 0 Å². The SMILES string of the molecule is N[C@@H](CNC(=O)[C@H](CCc1ccccc1)NC(=O)[C@H](Cc1ccccc1)NC(=O)CNC(=O)CC[C@@H](NC(=O)C(Cc1ccccc1)NC(=O)CC[C@H](NC(=O)N[C@@H](CCC(=O)O)C(=O)O)C(=O)O)C(=O)O)C(=O)N[C@@H](CC(=O)O)C(=O)N[C@@H](CS)C(=O)O. The van der Waals surface area contributed by atoms with Gasteiger partial charge in [-0.15, -0.1) is 0 Å². The number of carbonyl (C=O) groups excluding carboxylic acids is 9. The number of aliphatic carboxylic acids is 6. The third-order valence-corrected chi connectivity index (χ3v) is 13.3. The number of hydrogen-bond donors (Lipinski definition) is 18. The fourth-order valence-corrected chi connectivity index (χ4v) is 8.41. The van der Waals surface area contributed by atoms with E-state index in [-0.39, 0.29) is 31.4 Å². The van der Waals surface area contributed by atoms with E-state index in [0.29, 0.717) is 11.1 Å². The molecule has 33 heteroatoms. The molecule has 0 bridgehead atoms. The van der Waals surface area contributed by atoms with Crippen LogP contribution < -0.4 is 58.9 Å². The summed E-state index contributed by atoms with van der Waals surface area (Å²) < 4.78 is 0. The van der Waals surface area contributed by atoms with E-state index in [1.807, 2.05) is 10.6 Å². The smallest absolute Gasteiger partial charge is 0.327 e. The molecule has 3 aromatic carbocycles. The van der Waals surface area contributed by atoms with E-state index >= 15 is 0 Å². The van der Waals surface area contributed by atoms with E-state index in [1.54, 1.807) is 91.0 Å². The maximum absolute atomic E-state index is 14.2. The number of benzene rings is 3. The van der Waals surface area contributed by atoms with Crippen LogP contribution in [-0.4, -0.2) is 193 Å². The zero-order valence-corrected chi connectivity index (χ0v) is 48.5. The Balaban J connectivity index is 1.70. The lowest BCUT2D eigenvalue weighted by Gasteiger charge is -2.24. The van der Waals surface area contributed by atoms with Gasteiger partial charge in [-0.05, 0) is 48.8 Å². The van der Waals surface area contributed by atoms with Crippen LogP contribution in [0.15, 0.2) is 91.0 Å². The van der Waals surface area contributed by atoms with Gasteiger partial charge in [-0.1, -0.05) is 91.0 Å². The molecule has 1 unspecified atom stereocenters. The van der Waals surface area contributed by atoms with E-state index in [4.69, 9.17) is 10.8 Å². The van der Waals surface area contributed by atoms with E-state index in [9.17, 15) is 97.5 Å². The Kier molecular flexibility index (Phi) is 31.3. The molecule has 0 aliphatic carbocycles. The van der Waals surface area contributed by atoms with Crippen molar-refractivity contribution < 1.29 is 103 Å². The molecule has 3 aromatic rings. The number of thiol groups is 1. The second-order valence-electron chi connectivity index (χ2n) is 19.9. The first kappa shape index (κ1) is 73.1. The number of carboxylic acid groups (broad SMARTS) is 6. The minimum atomic E-state index is -1.79. The summed E-state index contributed by atoms with van der Waals surface area (Å²) in [5, 5.41) is 79.3. The summed E-state index contributed by atoms with van der Waals surface area (Å²) in [4.78, 5) is 190. The molecule has 89 heavy (non-hydrogen) atoms. The second kappa shape index (κ2) is 38.1. The Morgan fingerprint density at radius 3 is 1.25 bits per heavy atom. The molecule has 32 nitrogen and oxygen atoms in total. The number of nitrogens with two attached hydrogens (primary N) is 1. The second-order valence-corrected chi connectivity index (χ2v) is 20.2. The van der Waals surface area contributed by atoms with Gasteiger partial charge < -0.3 is 89.5 Å². The molecule has 0 fully saturated rings. The van der Waals surface area contributed by atoms with Crippen LogP contribution in [0.4, 0.5) is 4.79 Å². The number of rotatable bonds is 40. The molecular formula is C56H71N11O21S. The van der Waals surface area contributed by atoms with E-state index in [2.05, 4.69) is 55.2 Å². The fraction of sp³-hybridized carbons (Fsp3) is 0.411. The molecule has 0 aliphatic heterocycles. The van der Waals surface area contributed by atoms with Gasteiger partial charge in [0.1, 0.15) is 54.4 Å². The van der Waals surface area contributed by atoms with Crippen LogP contribution in [0.5, 0.6) is 0 Å². The van der Waals surface area contributed by atoms with Crippen molar-refractivity contribution in [3.8, 4) is 0 Å². The maximum atomic E-state index is 14.2. The monoisotopic (exact) mass is 1270 g/mol. The van der Waals surface area contributed by atoms with Crippen molar-refractivity contribution in [2.75, 3.05) is 18.8 Å². The van der Waals surface area contributed by atoms with Crippen molar-refractivity contribution in [3.63, 3.8) is 0 Å². The minimum Gasteiger partial charge on any atom is -0.481 e. The maximum Gasteiger partial charge on any atom is 0.327 e. The van der Waals surface area contributed by atoms with Gasteiger partial charge in [0.25, 0.3) is 0 Å². The van der Waals surface area contributed by atoms with Crippen molar-refractivity contribution >= 4 is 102 Å². The highest BCUT2D eigenvalue weighted by atomic mass is 32.1. The van der Waals surface area contributed by atoms with Gasteiger partial charge in [0, 0.05) is 44.4 Å². The van der Waals surface area contributed by atoms with E-state index in [1.165, 1.54) is 0 Å². The van der Waals surface area contributed by atoms with Crippen LogP contribution in [0.1, 0.15) is 68.1 Å². The number of aryl methyl sites for hydroxylation is 1. The lowest BCUT2D eigenvalue weighted by Crippen LogP contribution is -2.58. The highest BCUT2D eigenvalue weighted by Gasteiger charge is 2.33. The molecule has 0 aliphatic rings. The highest BCUT2D eigenvalue weighted by molar-refractivity contribution is 7.80. The van der Waals surface area contributed by atoms with Gasteiger partial charge in [-0.25, -0.2) is 24.0 Å². The van der Waals surface area contributed by atoms with E-state index < -0.39 is 202 Å². The zero-order valence-electron chi connectivity index (χ0n) is 47.6. The predicted molar refractivity (Wildman–Crippen MR) is 312 cm³/mol. The summed E-state index contributed by atoms with van der Waals surface area (Å²) in [6.45, 7) is -1.40. The standard InChI is InChI=1S/C56H71N11O21S/c57-33(47(75)64-40(26-46(73)74)51(79)65-41(29-89)55(86)87)27-59-48(76)34(17-16-30-10-4-1-5-11-30)62-49(77)39(25-32-14-8-3-9-15-32)61-44(70)28-58-42(68)21-18-35(52(80)81)63-50(78)38(24-31-12-6-2-7-13-31)60-43(69)22-19-36(53(82)83)66-56(88)67-37(54(84)85)20-23-45(71)72/h1-15,33-41,89H,16-29,57H2,(H,58,68)(H,59,76)(H,60,69)(H,61,70)(H,62,77)(H,63,78)(H,64,75)(H,65,79)(H,71,72)(H,73,74)(H,80,81)(H,82,83)(H,84,85)(H,86,87)(H2,66,67,88)/t33-,34-,35+,36-,37-,38?,39-,40-,41-/m0/s1. The number of carbonyl (C=O) groups is 15. The Hall–Kier alpha value is -10.2. The molecule has 0 spiro atoms. The number of hydrogen-bond acceptors (Lipinski definition) is 17. The van der Waals surface area contributed by atoms with Crippen LogP contribution in [0.3, 0.4) is 0 Å². The van der Waals surface area contributed by atoms with Crippen molar-refractivity contribution in [3.05, 3.63) is 108 Å². The largest absolute Gasteiger partial charge is 0.481 e. The Morgan fingerprint density at radius 2 is 0.787 bits per heavy atom. The van der Waals surface area contributed by atoms with Crippen LogP contribution >= 0.6 is 12.6 Å². The summed E-state index contributed by atoms with van der Waals surface area (Å²) in [6.07, 6.45) is -4.80. The molecular weight excluding hydrogens is 1190 g/mol. The highest BCUT2D eigenvalue weighted by Crippen LogP contribution is 2.11. The Morgan fingerprint density at radius 1 is 0.382 bits per heavy atom. The van der Waals surface area contributed by atoms with Crippen molar-refractivity contribution in [1.82, 2.24) is 53.2 Å². The zero-order chi connectivity index (χ0) is 66.2. The van der Waals surface area contributed by atoms with Gasteiger partial charge >= 0.3 is 41.8 Å². The number of nitrogens with one attached hydrogen (secondary N) is 10. The third-order valence-electron chi connectivity index (χ3n) is 12.9. The molecule has 3 rings (SSSR count). The number of amides is 10. The van der Waals surface area contributed by atoms with Crippen LogP contribution in [0.2, 0.25) is 0 Å². The average Bonchev–Trinajstić information content (AvgIpc) is 3.67. The first-order valence-corrected chi connectivity index (χ1v) is 28.0. The topological polar surface area (TPSA) is 524 Å². The first-order valence-electron chi connectivity index (χ1n) is 27.4. The molecule has 0 heterocycles. The summed E-state index contributed by atoms with van der Waals surface area (Å²) in [6, 6.07) is 9.26. The van der Waals surface area contributed by atoms with Gasteiger partial charge in [-0.3, -0.25) is 47.9 Å². The predicted octanol–water partition coefficient (Wildman–Crippen LogP) is -3.22. The van der Waals surface area contributed by atoms with E-state index in [0.717, 1.165) is 5.56 Å². The molecule has 482 valence electrons. The fourth-order valence-electron chi connectivity index (χ4n) is 8.16. The van der Waals surface area contributed by atoms with Gasteiger partial charge in [0.15, 0.2) is 0 Å². The normalized spacial score (nSPS) is 13.8. The lowest BCUT2D eigenvalue weighted by atomic mass is 10.0. The van der Waals surface area contributed by atoms with Crippen molar-refractivity contribution in [2.24, 2.45) is 5.73 Å². The summed E-state index contributed by atoms with van der Waals surface area (Å²) in [5.74, 6) is -17.4. The molecule has 18 N–H and O–H groups in total. The molecule has 0 radical (unpaired) electrons. The lowest BCUT2D eigenvalue weighted by molar-refractivity contribution is -0.143. The molecule has 0 saturated carbocycles. The van der Waals surface area contributed by atoms with Gasteiger partial charge in [-0.2, -0.15) is 12.6 Å². The van der Waals surface area contributed by atoms with Crippen molar-refractivity contribution in [2.45, 2.75) is 125 Å². The summed E-state index contributed by atoms with van der Waals surface area (Å²) in [5.41, 5.74) is 7.79. The van der Waals surface area contributed by atoms with Crippen LogP contribution in [-0.2, 0) is 86.4 Å². The minimum absolute atomic E-state index is 0.0564. The Bertz CT molecular complexity index is 2980. The number of urea groups is 1. The number of carboxylic acids is 6. The molecule has 0 aromatic heterocycles.